The molecule has 58 valence electrons. The van der Waals surface area contributed by atoms with Crippen LogP contribution < -0.4 is 14.0 Å². The Kier molecular flexibility index (Phi) is 4.06. The lowest BCUT2D eigenvalue weighted by atomic mass is 10.4. The third kappa shape index (κ3) is 7.45. The van der Waals surface area contributed by atoms with Crippen LogP contribution in [0.4, 0.5) is 0 Å². The van der Waals surface area contributed by atoms with Crippen molar-refractivity contribution in [2.24, 2.45) is 0 Å². The molecule has 0 aliphatic rings. The van der Waals surface area contributed by atoms with Gasteiger partial charge in [0.1, 0.15) is 10.2 Å². The zero-order chi connectivity index (χ0) is 8.04. The van der Waals surface area contributed by atoms with Crippen molar-refractivity contribution in [2.75, 3.05) is 0 Å². The van der Waals surface area contributed by atoms with Crippen molar-refractivity contribution in [2.45, 2.75) is 6.42 Å². The number of allylic oxidation sites excluding steroid dienone is 2. The molecular formula is C5H7ClO4. The van der Waals surface area contributed by atoms with Crippen LogP contribution in [0.5, 0.6) is 0 Å². The molecule has 0 unspecified atom stereocenters. The molecule has 0 aliphatic carbocycles. The van der Waals surface area contributed by atoms with Crippen molar-refractivity contribution in [3.05, 3.63) is 25.0 Å². The van der Waals surface area contributed by atoms with Crippen LogP contribution >= 0.6 is 0 Å². The van der Waals surface area contributed by atoms with Gasteiger partial charge in [-0.2, -0.15) is 14.0 Å². The SMILES string of the molecule is C=CCC=CO[Cl+3]([O-])([O-])[O-]. The van der Waals surface area contributed by atoms with Crippen molar-refractivity contribution in [3.8, 4) is 0 Å². The fraction of sp³-hybridized carbons (Fsp3) is 0.200. The van der Waals surface area contributed by atoms with Gasteiger partial charge in [-0.25, -0.2) is 0 Å². The summed E-state index contributed by atoms with van der Waals surface area (Å²) in [7, 11) is -4.32. The Morgan fingerprint density at radius 1 is 1.40 bits per heavy atom. The van der Waals surface area contributed by atoms with Gasteiger partial charge in [0.15, 0.2) is 0 Å². The predicted octanol–water partition coefficient (Wildman–Crippen LogP) is -2.01. The van der Waals surface area contributed by atoms with Gasteiger partial charge in [-0.1, -0.05) is 10.4 Å². The number of hydrogen-bond donors (Lipinski definition) is 0. The molecule has 0 saturated heterocycles. The van der Waals surface area contributed by atoms with Gasteiger partial charge in [-0.15, -0.1) is 6.58 Å². The predicted molar refractivity (Wildman–Crippen MR) is 25.0 cm³/mol. The normalized spacial score (nSPS) is 11.9. The molecule has 0 atom stereocenters. The minimum Gasteiger partial charge on any atom is -0.167 e. The van der Waals surface area contributed by atoms with Crippen molar-refractivity contribution in [1.82, 2.24) is 0 Å². The van der Waals surface area contributed by atoms with E-state index in [9.17, 15) is 14.0 Å². The standard InChI is InChI=1S/C5H7ClO4/c1-2-3-4-5-10-6(7,8)9/h2,4-5H,1,3H2. The topological polar surface area (TPSA) is 78.4 Å². The third-order valence-corrected chi connectivity index (χ3v) is 0.881. The first-order valence-corrected chi connectivity index (χ1v) is 3.65. The van der Waals surface area contributed by atoms with E-state index in [2.05, 4.69) is 10.9 Å². The highest BCUT2D eigenvalue weighted by Gasteiger charge is 2.11. The molecule has 0 aromatic rings. The zero-order valence-corrected chi connectivity index (χ0v) is 5.91. The smallest absolute Gasteiger partial charge is 0.167 e. The van der Waals surface area contributed by atoms with E-state index < -0.39 is 10.2 Å². The van der Waals surface area contributed by atoms with E-state index in [1.165, 1.54) is 12.2 Å². The highest BCUT2D eigenvalue weighted by Crippen LogP contribution is 1.90. The Morgan fingerprint density at radius 3 is 2.40 bits per heavy atom. The third-order valence-electron chi connectivity index (χ3n) is 0.560. The average Bonchev–Trinajstić information content (AvgIpc) is 1.78. The molecule has 0 spiro atoms. The first-order chi connectivity index (χ1) is 4.56. The number of halogens is 1. The Balaban J connectivity index is 3.43. The molecule has 4 nitrogen and oxygen atoms in total. The van der Waals surface area contributed by atoms with Gasteiger partial charge in [-0.05, 0) is 12.5 Å². The monoisotopic (exact) mass is 166 g/mol. The first kappa shape index (κ1) is 9.45. The molecule has 0 rings (SSSR count). The Hall–Kier alpha value is -0.550. The molecule has 0 fully saturated rings. The maximum absolute atomic E-state index is 9.71. The summed E-state index contributed by atoms with van der Waals surface area (Å²) in [4.78, 5) is 0. The van der Waals surface area contributed by atoms with Crippen molar-refractivity contribution >= 4 is 0 Å². The Labute approximate surface area is 60.8 Å². The highest BCUT2D eigenvalue weighted by atomic mass is 35.7. The molecular weight excluding hydrogens is 160 g/mol. The van der Waals surface area contributed by atoms with E-state index >= 15 is 0 Å². The van der Waals surface area contributed by atoms with Crippen LogP contribution in [0, 0.1) is 10.2 Å². The van der Waals surface area contributed by atoms with E-state index in [1.807, 2.05) is 0 Å². The van der Waals surface area contributed by atoms with Gasteiger partial charge < -0.3 is 0 Å². The van der Waals surface area contributed by atoms with Crippen LogP contribution in [0.3, 0.4) is 0 Å². The van der Waals surface area contributed by atoms with E-state index in [0.29, 0.717) is 6.42 Å². The summed E-state index contributed by atoms with van der Waals surface area (Å²) in [5.41, 5.74) is 0. The summed E-state index contributed by atoms with van der Waals surface area (Å²) >= 11 is 0. The van der Waals surface area contributed by atoms with Crippen LogP contribution in [0.25, 0.3) is 0 Å². The lowest BCUT2D eigenvalue weighted by molar-refractivity contribution is -1.92. The molecule has 0 amide bonds. The first-order valence-electron chi connectivity index (χ1n) is 2.41. The van der Waals surface area contributed by atoms with Gasteiger partial charge in [0.05, 0.1) is 0 Å². The van der Waals surface area contributed by atoms with Crippen LogP contribution in [-0.4, -0.2) is 0 Å². The second kappa shape index (κ2) is 4.29. The van der Waals surface area contributed by atoms with Gasteiger partial charge in [0, 0.05) is 0 Å². The van der Waals surface area contributed by atoms with Crippen LogP contribution in [0.15, 0.2) is 25.0 Å². The summed E-state index contributed by atoms with van der Waals surface area (Å²) in [5, 5.41) is 0. The molecule has 0 radical (unpaired) electrons. The molecule has 0 aliphatic heterocycles. The van der Waals surface area contributed by atoms with Gasteiger partial charge in [0.2, 0.25) is 6.26 Å². The van der Waals surface area contributed by atoms with Crippen LogP contribution in [-0.2, 0) is 4.29 Å². The minimum atomic E-state index is -4.32. The van der Waals surface area contributed by atoms with E-state index in [1.54, 1.807) is 0 Å². The molecule has 0 aromatic carbocycles. The summed E-state index contributed by atoms with van der Waals surface area (Å²) in [6.07, 6.45) is 4.17. The van der Waals surface area contributed by atoms with Crippen molar-refractivity contribution in [3.63, 3.8) is 0 Å². The lowest BCUT2D eigenvalue weighted by Crippen LogP contribution is -2.60. The summed E-state index contributed by atoms with van der Waals surface area (Å²) in [5.74, 6) is 0. The van der Waals surface area contributed by atoms with Crippen molar-refractivity contribution < 1.29 is 28.5 Å². The van der Waals surface area contributed by atoms with Crippen LogP contribution in [0.2, 0.25) is 0 Å². The molecule has 0 bridgehead atoms. The maximum atomic E-state index is 9.71. The number of hydrogen-bond acceptors (Lipinski definition) is 4. The second-order valence-electron chi connectivity index (χ2n) is 1.36. The lowest BCUT2D eigenvalue weighted by Gasteiger charge is -2.08. The summed E-state index contributed by atoms with van der Waals surface area (Å²) in [6, 6.07) is 0. The maximum Gasteiger partial charge on any atom is 0.249 e. The molecule has 10 heavy (non-hydrogen) atoms. The zero-order valence-electron chi connectivity index (χ0n) is 5.16. The van der Waals surface area contributed by atoms with E-state index in [-0.39, 0.29) is 0 Å². The summed E-state index contributed by atoms with van der Waals surface area (Å²) < 4.78 is 32.8. The molecule has 5 heteroatoms. The Morgan fingerprint density at radius 2 is 2.00 bits per heavy atom. The van der Waals surface area contributed by atoms with Crippen LogP contribution in [0.1, 0.15) is 6.42 Å². The minimum absolute atomic E-state index is 0.463. The van der Waals surface area contributed by atoms with Crippen molar-refractivity contribution in [1.29, 1.82) is 0 Å². The molecule has 0 heterocycles. The average molecular weight is 167 g/mol. The van der Waals surface area contributed by atoms with Gasteiger partial charge in [0.25, 0.3) is 0 Å². The highest BCUT2D eigenvalue weighted by molar-refractivity contribution is 4.82. The molecule has 0 aromatic heterocycles. The fourth-order valence-corrected chi connectivity index (χ4v) is 0.450. The fourth-order valence-electron chi connectivity index (χ4n) is 0.251. The molecule has 0 saturated carbocycles. The Bertz CT molecular complexity index is 126. The quantitative estimate of drug-likeness (QED) is 0.357. The van der Waals surface area contributed by atoms with Gasteiger partial charge >= 0.3 is 0 Å². The number of rotatable bonds is 4. The molecule has 0 N–H and O–H groups in total. The van der Waals surface area contributed by atoms with Gasteiger partial charge in [-0.3, -0.25) is 0 Å². The van der Waals surface area contributed by atoms with E-state index in [4.69, 9.17) is 0 Å². The van der Waals surface area contributed by atoms with E-state index in [0.717, 1.165) is 6.26 Å². The summed E-state index contributed by atoms with van der Waals surface area (Å²) in [6.45, 7) is 3.36. The second-order valence-corrected chi connectivity index (χ2v) is 2.30. The largest absolute Gasteiger partial charge is 0.249 e.